The van der Waals surface area contributed by atoms with E-state index in [0.717, 1.165) is 24.2 Å². The van der Waals surface area contributed by atoms with Gasteiger partial charge in [0.2, 0.25) is 0 Å². The Morgan fingerprint density at radius 3 is 2.63 bits per heavy atom. The van der Waals surface area contributed by atoms with Crippen LogP contribution in [0.2, 0.25) is 5.02 Å². The molecule has 0 radical (unpaired) electrons. The van der Waals surface area contributed by atoms with Gasteiger partial charge in [-0.2, -0.15) is 5.10 Å². The van der Waals surface area contributed by atoms with Crippen LogP contribution in [-0.4, -0.2) is 16.8 Å². The third-order valence-corrected chi connectivity index (χ3v) is 3.46. The van der Waals surface area contributed by atoms with E-state index in [0.29, 0.717) is 5.02 Å². The number of aromatic nitrogens is 2. The summed E-state index contributed by atoms with van der Waals surface area (Å²) >= 11 is 6.21. The molecule has 1 unspecified atom stereocenters. The third kappa shape index (κ3) is 3.14. The number of likely N-dealkylation sites (N-methyl/N-ethyl adjacent to an activating group) is 1. The molecule has 3 nitrogen and oxygen atoms in total. The summed E-state index contributed by atoms with van der Waals surface area (Å²) in [6, 6.07) is 6.59. The van der Waals surface area contributed by atoms with Crippen molar-refractivity contribution < 1.29 is 4.39 Å². The second kappa shape index (κ2) is 6.17. The van der Waals surface area contributed by atoms with Crippen molar-refractivity contribution in [3.8, 4) is 0 Å². The molecule has 0 saturated carbocycles. The van der Waals surface area contributed by atoms with Crippen LogP contribution in [0.4, 0.5) is 4.39 Å². The molecule has 0 amide bonds. The lowest BCUT2D eigenvalue weighted by Crippen LogP contribution is -2.22. The summed E-state index contributed by atoms with van der Waals surface area (Å²) in [5.74, 6) is -0.221. The highest BCUT2D eigenvalue weighted by Crippen LogP contribution is 2.25. The fourth-order valence-electron chi connectivity index (χ4n) is 2.16. The molecule has 5 heteroatoms. The minimum atomic E-state index is -0.221. The van der Waals surface area contributed by atoms with Gasteiger partial charge in [0, 0.05) is 6.54 Å². The minimum Gasteiger partial charge on any atom is -0.311 e. The molecule has 0 fully saturated rings. The monoisotopic (exact) mass is 281 g/mol. The lowest BCUT2D eigenvalue weighted by Gasteiger charge is -2.18. The molecule has 1 atom stereocenters. The maximum atomic E-state index is 12.9. The SMILES string of the molecule is CCn1ncc(Cl)c1C(Cc1ccc(F)cc1)NC. The standard InChI is InChI=1S/C14H17ClFN3/c1-3-19-14(12(15)9-18-19)13(17-2)8-10-4-6-11(16)7-5-10/h4-7,9,13,17H,3,8H2,1-2H3. The van der Waals surface area contributed by atoms with Crippen molar-refractivity contribution in [2.24, 2.45) is 0 Å². The van der Waals surface area contributed by atoms with Crippen LogP contribution in [0.15, 0.2) is 30.5 Å². The molecule has 1 heterocycles. The largest absolute Gasteiger partial charge is 0.311 e. The van der Waals surface area contributed by atoms with E-state index in [1.165, 1.54) is 12.1 Å². The van der Waals surface area contributed by atoms with Gasteiger partial charge in [-0.15, -0.1) is 0 Å². The Morgan fingerprint density at radius 1 is 1.37 bits per heavy atom. The molecule has 2 aromatic rings. The second-order valence-electron chi connectivity index (χ2n) is 4.37. The van der Waals surface area contributed by atoms with Crippen LogP contribution >= 0.6 is 11.6 Å². The Morgan fingerprint density at radius 2 is 2.05 bits per heavy atom. The van der Waals surface area contributed by atoms with E-state index in [1.54, 1.807) is 18.3 Å². The van der Waals surface area contributed by atoms with Crippen LogP contribution in [-0.2, 0) is 13.0 Å². The summed E-state index contributed by atoms with van der Waals surface area (Å²) < 4.78 is 14.8. The van der Waals surface area contributed by atoms with Crippen molar-refractivity contribution in [1.29, 1.82) is 0 Å². The molecule has 0 aliphatic carbocycles. The highest BCUT2D eigenvalue weighted by atomic mass is 35.5. The highest BCUT2D eigenvalue weighted by Gasteiger charge is 2.18. The van der Waals surface area contributed by atoms with Crippen molar-refractivity contribution in [3.05, 3.63) is 52.6 Å². The van der Waals surface area contributed by atoms with Gasteiger partial charge in [0.15, 0.2) is 0 Å². The van der Waals surface area contributed by atoms with Crippen LogP contribution in [0.5, 0.6) is 0 Å². The Labute approximate surface area is 117 Å². The number of benzene rings is 1. The first-order valence-corrected chi connectivity index (χ1v) is 6.66. The number of halogens is 2. The summed E-state index contributed by atoms with van der Waals surface area (Å²) in [5.41, 5.74) is 2.02. The van der Waals surface area contributed by atoms with Crippen molar-refractivity contribution in [1.82, 2.24) is 15.1 Å². The zero-order valence-electron chi connectivity index (χ0n) is 11.0. The van der Waals surface area contributed by atoms with Crippen molar-refractivity contribution in [3.63, 3.8) is 0 Å². The maximum absolute atomic E-state index is 12.9. The molecular weight excluding hydrogens is 265 g/mol. The van der Waals surface area contributed by atoms with Crippen LogP contribution in [0, 0.1) is 5.82 Å². The summed E-state index contributed by atoms with van der Waals surface area (Å²) in [6.07, 6.45) is 2.40. The van der Waals surface area contributed by atoms with Gasteiger partial charge in [-0.05, 0) is 38.1 Å². The molecule has 0 spiro atoms. The van der Waals surface area contributed by atoms with E-state index in [-0.39, 0.29) is 11.9 Å². The van der Waals surface area contributed by atoms with Gasteiger partial charge in [0.05, 0.1) is 23.0 Å². The first-order valence-electron chi connectivity index (χ1n) is 6.28. The first kappa shape index (κ1) is 14.0. The molecule has 19 heavy (non-hydrogen) atoms. The summed E-state index contributed by atoms with van der Waals surface area (Å²) in [4.78, 5) is 0. The molecule has 1 aromatic carbocycles. The van der Waals surface area contributed by atoms with Crippen LogP contribution < -0.4 is 5.32 Å². The number of rotatable bonds is 5. The fourth-order valence-corrected chi connectivity index (χ4v) is 2.43. The van der Waals surface area contributed by atoms with Gasteiger partial charge >= 0.3 is 0 Å². The van der Waals surface area contributed by atoms with Gasteiger partial charge in [-0.1, -0.05) is 23.7 Å². The fraction of sp³-hybridized carbons (Fsp3) is 0.357. The number of nitrogens with one attached hydrogen (secondary N) is 1. The number of hydrogen-bond donors (Lipinski definition) is 1. The Bertz CT molecular complexity index is 536. The Kier molecular flexibility index (Phi) is 4.56. The molecule has 1 N–H and O–H groups in total. The Hall–Kier alpha value is -1.39. The zero-order valence-corrected chi connectivity index (χ0v) is 11.8. The molecule has 0 bridgehead atoms. The lowest BCUT2D eigenvalue weighted by atomic mass is 10.0. The summed E-state index contributed by atoms with van der Waals surface area (Å²) in [6.45, 7) is 2.79. The lowest BCUT2D eigenvalue weighted by molar-refractivity contribution is 0.513. The van der Waals surface area contributed by atoms with Gasteiger partial charge in [0.1, 0.15) is 5.82 Å². The van der Waals surface area contributed by atoms with Crippen molar-refractivity contribution in [2.45, 2.75) is 25.9 Å². The molecule has 0 aliphatic heterocycles. The number of aryl methyl sites for hydroxylation is 1. The molecule has 102 valence electrons. The van der Waals surface area contributed by atoms with Crippen molar-refractivity contribution in [2.75, 3.05) is 7.05 Å². The predicted octanol–water partition coefficient (Wildman–Crippen LogP) is 3.20. The average Bonchev–Trinajstić information content (AvgIpc) is 2.79. The van der Waals surface area contributed by atoms with Gasteiger partial charge in [-0.3, -0.25) is 4.68 Å². The first-order chi connectivity index (χ1) is 9.15. The van der Waals surface area contributed by atoms with Crippen LogP contribution in [0.25, 0.3) is 0 Å². The smallest absolute Gasteiger partial charge is 0.123 e. The molecule has 0 aliphatic rings. The normalized spacial score (nSPS) is 12.6. The number of nitrogens with zero attached hydrogens (tertiary/aromatic N) is 2. The van der Waals surface area contributed by atoms with E-state index in [9.17, 15) is 4.39 Å². The van der Waals surface area contributed by atoms with E-state index < -0.39 is 0 Å². The number of hydrogen-bond acceptors (Lipinski definition) is 2. The molecule has 2 rings (SSSR count). The van der Waals surface area contributed by atoms with Gasteiger partial charge < -0.3 is 5.32 Å². The third-order valence-electron chi connectivity index (χ3n) is 3.16. The molecular formula is C14H17ClFN3. The maximum Gasteiger partial charge on any atom is 0.123 e. The van der Waals surface area contributed by atoms with Gasteiger partial charge in [-0.25, -0.2) is 4.39 Å². The highest BCUT2D eigenvalue weighted by molar-refractivity contribution is 6.31. The van der Waals surface area contributed by atoms with E-state index in [4.69, 9.17) is 11.6 Å². The molecule has 1 aromatic heterocycles. The van der Waals surface area contributed by atoms with Gasteiger partial charge in [0.25, 0.3) is 0 Å². The predicted molar refractivity (Wildman–Crippen MR) is 74.8 cm³/mol. The summed E-state index contributed by atoms with van der Waals surface area (Å²) in [7, 11) is 1.89. The van der Waals surface area contributed by atoms with Crippen LogP contribution in [0.3, 0.4) is 0 Å². The second-order valence-corrected chi connectivity index (χ2v) is 4.77. The molecule has 0 saturated heterocycles. The van der Waals surface area contributed by atoms with Crippen molar-refractivity contribution >= 4 is 11.6 Å². The van der Waals surface area contributed by atoms with E-state index >= 15 is 0 Å². The average molecular weight is 282 g/mol. The van der Waals surface area contributed by atoms with Crippen LogP contribution in [0.1, 0.15) is 24.2 Å². The Balaban J connectivity index is 2.24. The van der Waals surface area contributed by atoms with E-state index in [1.807, 2.05) is 18.7 Å². The quantitative estimate of drug-likeness (QED) is 0.912. The van der Waals surface area contributed by atoms with E-state index in [2.05, 4.69) is 10.4 Å². The topological polar surface area (TPSA) is 29.9 Å². The summed E-state index contributed by atoms with van der Waals surface area (Å²) in [5, 5.41) is 8.14. The zero-order chi connectivity index (χ0) is 13.8. The minimum absolute atomic E-state index is 0.0559.